The van der Waals surface area contributed by atoms with Gasteiger partial charge in [0, 0.05) is 11.0 Å². The van der Waals surface area contributed by atoms with Gasteiger partial charge in [-0.2, -0.15) is 0 Å². The van der Waals surface area contributed by atoms with Crippen molar-refractivity contribution in [2.75, 3.05) is 6.54 Å². The van der Waals surface area contributed by atoms with Crippen LogP contribution in [0.3, 0.4) is 0 Å². The van der Waals surface area contributed by atoms with Crippen LogP contribution in [-0.2, 0) is 0 Å². The molecule has 0 aliphatic rings. The number of hydrogen-bond acceptors (Lipinski definition) is 2. The summed E-state index contributed by atoms with van der Waals surface area (Å²) in [6, 6.07) is 7.51. The molecule has 1 atom stereocenters. The Hall–Kier alpha value is -0.0900. The monoisotopic (exact) mass is 251 g/mol. The largest absolute Gasteiger partial charge is 0.387 e. The first-order valence-electron chi connectivity index (χ1n) is 3.38. The lowest BCUT2D eigenvalue weighted by molar-refractivity contribution is 0.186. The molecule has 68 valence electrons. The molecule has 0 spiro atoms. The molecule has 12 heavy (non-hydrogen) atoms. The van der Waals surface area contributed by atoms with E-state index in [9.17, 15) is 5.11 Å². The van der Waals surface area contributed by atoms with Gasteiger partial charge in [-0.15, -0.1) is 12.4 Å². The van der Waals surface area contributed by atoms with Crippen LogP contribution in [-0.4, -0.2) is 11.7 Å². The molecule has 3 N–H and O–H groups in total. The van der Waals surface area contributed by atoms with E-state index < -0.39 is 6.10 Å². The molecule has 2 nitrogen and oxygen atoms in total. The molecule has 0 heterocycles. The quantitative estimate of drug-likeness (QED) is 0.844. The highest BCUT2D eigenvalue weighted by molar-refractivity contribution is 9.10. The summed E-state index contributed by atoms with van der Waals surface area (Å²) in [5.74, 6) is 0. The van der Waals surface area contributed by atoms with Crippen molar-refractivity contribution in [2.24, 2.45) is 5.73 Å². The highest BCUT2D eigenvalue weighted by atomic mass is 79.9. The van der Waals surface area contributed by atoms with E-state index in [-0.39, 0.29) is 19.0 Å². The average Bonchev–Trinajstić information content (AvgIpc) is 2.04. The van der Waals surface area contributed by atoms with E-state index in [1.165, 1.54) is 0 Å². The van der Waals surface area contributed by atoms with Crippen LogP contribution in [0.2, 0.25) is 0 Å². The summed E-state index contributed by atoms with van der Waals surface area (Å²) in [5, 5.41) is 9.36. The van der Waals surface area contributed by atoms with E-state index in [0.717, 1.165) is 10.0 Å². The summed E-state index contributed by atoms with van der Waals surface area (Å²) in [7, 11) is 0. The zero-order chi connectivity index (χ0) is 8.27. The number of aliphatic hydroxyl groups excluding tert-OH is 1. The molecule has 1 rings (SSSR count). The van der Waals surface area contributed by atoms with Gasteiger partial charge in [0.25, 0.3) is 0 Å². The van der Waals surface area contributed by atoms with Gasteiger partial charge in [-0.05, 0) is 11.6 Å². The number of aliphatic hydroxyl groups is 1. The summed E-state index contributed by atoms with van der Waals surface area (Å²) in [6.45, 7) is 0.253. The minimum absolute atomic E-state index is 0. The maximum Gasteiger partial charge on any atom is 0.0923 e. The maximum atomic E-state index is 9.36. The Labute approximate surface area is 86.3 Å². The third-order valence-electron chi connectivity index (χ3n) is 1.49. The molecule has 0 fully saturated rings. The molecule has 0 amide bonds. The highest BCUT2D eigenvalue weighted by Crippen LogP contribution is 2.21. The highest BCUT2D eigenvalue weighted by Gasteiger charge is 2.06. The van der Waals surface area contributed by atoms with E-state index in [1.54, 1.807) is 0 Å². The van der Waals surface area contributed by atoms with Crippen LogP contribution in [0.25, 0.3) is 0 Å². The maximum absolute atomic E-state index is 9.36. The summed E-state index contributed by atoms with van der Waals surface area (Å²) >= 11 is 3.32. The fourth-order valence-electron chi connectivity index (χ4n) is 0.872. The third-order valence-corrected chi connectivity index (χ3v) is 2.21. The predicted molar refractivity (Wildman–Crippen MR) is 55.4 cm³/mol. The molecular weight excluding hydrogens is 241 g/mol. The smallest absolute Gasteiger partial charge is 0.0923 e. The Morgan fingerprint density at radius 2 is 2.00 bits per heavy atom. The fourth-order valence-corrected chi connectivity index (χ4v) is 1.42. The van der Waals surface area contributed by atoms with Gasteiger partial charge in [-0.1, -0.05) is 34.1 Å². The van der Waals surface area contributed by atoms with E-state index in [0.29, 0.717) is 0 Å². The molecule has 0 saturated carbocycles. The lowest BCUT2D eigenvalue weighted by atomic mass is 10.1. The number of hydrogen-bond donors (Lipinski definition) is 2. The van der Waals surface area contributed by atoms with Gasteiger partial charge in [-0.25, -0.2) is 0 Å². The number of halogens is 2. The van der Waals surface area contributed by atoms with Crippen molar-refractivity contribution in [3.05, 3.63) is 34.3 Å². The summed E-state index contributed by atoms with van der Waals surface area (Å²) in [6.07, 6.45) is -0.564. The van der Waals surface area contributed by atoms with Gasteiger partial charge < -0.3 is 10.8 Å². The molecule has 1 aromatic carbocycles. The fraction of sp³-hybridized carbons (Fsp3) is 0.250. The molecule has 4 heteroatoms. The Morgan fingerprint density at radius 1 is 1.42 bits per heavy atom. The third kappa shape index (κ3) is 2.75. The molecule has 0 radical (unpaired) electrons. The average molecular weight is 253 g/mol. The van der Waals surface area contributed by atoms with E-state index >= 15 is 0 Å². The van der Waals surface area contributed by atoms with Crippen LogP contribution in [0.1, 0.15) is 11.7 Å². The topological polar surface area (TPSA) is 46.2 Å². The molecular formula is C8H11BrClNO. The summed E-state index contributed by atoms with van der Waals surface area (Å²) in [5.41, 5.74) is 6.14. The first-order valence-corrected chi connectivity index (χ1v) is 4.17. The molecule has 0 saturated heterocycles. The van der Waals surface area contributed by atoms with Crippen molar-refractivity contribution in [2.45, 2.75) is 6.10 Å². The zero-order valence-corrected chi connectivity index (χ0v) is 8.81. The van der Waals surface area contributed by atoms with Gasteiger partial charge in [0.1, 0.15) is 0 Å². The van der Waals surface area contributed by atoms with E-state index in [2.05, 4.69) is 15.9 Å². The van der Waals surface area contributed by atoms with Gasteiger partial charge in [0.2, 0.25) is 0 Å². The van der Waals surface area contributed by atoms with Crippen LogP contribution in [0.15, 0.2) is 28.7 Å². The van der Waals surface area contributed by atoms with Gasteiger partial charge in [0.15, 0.2) is 0 Å². The predicted octanol–water partition coefficient (Wildman–Crippen LogP) is 1.86. The lowest BCUT2D eigenvalue weighted by Gasteiger charge is -2.08. The van der Waals surface area contributed by atoms with Gasteiger partial charge in [0.05, 0.1) is 6.10 Å². The Morgan fingerprint density at radius 3 is 2.50 bits per heavy atom. The van der Waals surface area contributed by atoms with Gasteiger partial charge in [-0.3, -0.25) is 0 Å². The number of nitrogens with two attached hydrogens (primary N) is 1. The van der Waals surface area contributed by atoms with Crippen LogP contribution in [0.5, 0.6) is 0 Å². The summed E-state index contributed by atoms with van der Waals surface area (Å²) < 4.78 is 0.901. The lowest BCUT2D eigenvalue weighted by Crippen LogP contribution is -2.11. The van der Waals surface area contributed by atoms with Gasteiger partial charge >= 0.3 is 0 Å². The summed E-state index contributed by atoms with van der Waals surface area (Å²) in [4.78, 5) is 0. The Bertz CT molecular complexity index is 244. The normalized spacial score (nSPS) is 11.9. The standard InChI is InChI=1S/C8H10BrNO.ClH/c9-7-4-2-1-3-6(7)8(11)5-10;/h1-4,8,11H,5,10H2;1H. The second-order valence-electron chi connectivity index (χ2n) is 2.27. The second-order valence-corrected chi connectivity index (χ2v) is 3.13. The van der Waals surface area contributed by atoms with Crippen molar-refractivity contribution in [3.63, 3.8) is 0 Å². The van der Waals surface area contributed by atoms with Crippen molar-refractivity contribution in [3.8, 4) is 0 Å². The van der Waals surface area contributed by atoms with Crippen LogP contribution in [0, 0.1) is 0 Å². The number of benzene rings is 1. The molecule has 0 aliphatic heterocycles. The SMILES string of the molecule is Cl.NCC(O)c1ccccc1Br. The van der Waals surface area contributed by atoms with E-state index in [1.807, 2.05) is 24.3 Å². The Kier molecular flexibility index (Phi) is 5.50. The van der Waals surface area contributed by atoms with Crippen LogP contribution in [0.4, 0.5) is 0 Å². The van der Waals surface area contributed by atoms with Crippen molar-refractivity contribution < 1.29 is 5.11 Å². The van der Waals surface area contributed by atoms with E-state index in [4.69, 9.17) is 5.73 Å². The molecule has 1 unspecified atom stereocenters. The molecule has 1 aromatic rings. The van der Waals surface area contributed by atoms with Crippen molar-refractivity contribution in [1.29, 1.82) is 0 Å². The first kappa shape index (κ1) is 11.9. The first-order chi connectivity index (χ1) is 5.25. The van der Waals surface area contributed by atoms with Crippen molar-refractivity contribution in [1.82, 2.24) is 0 Å². The molecule has 0 aliphatic carbocycles. The Balaban J connectivity index is 0.00000121. The minimum atomic E-state index is -0.564. The van der Waals surface area contributed by atoms with Crippen LogP contribution >= 0.6 is 28.3 Å². The second kappa shape index (κ2) is 5.54. The minimum Gasteiger partial charge on any atom is -0.387 e. The molecule has 0 bridgehead atoms. The zero-order valence-electron chi connectivity index (χ0n) is 6.40. The molecule has 0 aromatic heterocycles. The van der Waals surface area contributed by atoms with Crippen molar-refractivity contribution >= 4 is 28.3 Å². The number of rotatable bonds is 2. The van der Waals surface area contributed by atoms with Crippen LogP contribution < -0.4 is 5.73 Å².